The van der Waals surface area contributed by atoms with Crippen LogP contribution in [-0.2, 0) is 0 Å². The van der Waals surface area contributed by atoms with Gasteiger partial charge < -0.3 is 4.48 Å². The third-order valence-corrected chi connectivity index (χ3v) is 4.81. The summed E-state index contributed by atoms with van der Waals surface area (Å²) < 4.78 is 1.32. The van der Waals surface area contributed by atoms with E-state index in [0.29, 0.717) is 0 Å². The molecule has 0 aromatic rings. The Labute approximate surface area is 82.7 Å². The molecule has 0 radical (unpaired) electrons. The van der Waals surface area contributed by atoms with E-state index in [2.05, 4.69) is 27.9 Å². The van der Waals surface area contributed by atoms with Crippen LogP contribution in [-0.4, -0.2) is 30.7 Å². The number of nitrogens with zero attached hydrogens (tertiary/aromatic N) is 1. The summed E-state index contributed by atoms with van der Waals surface area (Å²) in [5.41, 5.74) is 0. The Morgan fingerprint density at radius 3 is 1.85 bits per heavy atom. The highest BCUT2D eigenvalue weighted by molar-refractivity contribution is 4.85. The second-order valence-electron chi connectivity index (χ2n) is 5.99. The summed E-state index contributed by atoms with van der Waals surface area (Å²) in [4.78, 5) is 0. The number of quaternary nitrogens is 1. The van der Waals surface area contributed by atoms with Crippen molar-refractivity contribution in [1.29, 1.82) is 0 Å². The van der Waals surface area contributed by atoms with E-state index in [-0.39, 0.29) is 0 Å². The van der Waals surface area contributed by atoms with Gasteiger partial charge in [-0.3, -0.25) is 0 Å². The van der Waals surface area contributed by atoms with Crippen molar-refractivity contribution in [1.82, 2.24) is 0 Å². The quantitative estimate of drug-likeness (QED) is 0.547. The minimum atomic E-state index is 0.906. The molecule has 13 heavy (non-hydrogen) atoms. The SMILES string of the molecule is CC(C)C1CC2CCC(C1)[N+]2(C)C. The molecule has 2 rings (SSSR count). The van der Waals surface area contributed by atoms with Gasteiger partial charge in [0.25, 0.3) is 0 Å². The number of hydrogen-bond acceptors (Lipinski definition) is 0. The Morgan fingerprint density at radius 2 is 1.46 bits per heavy atom. The number of rotatable bonds is 1. The zero-order chi connectivity index (χ0) is 9.64. The highest BCUT2D eigenvalue weighted by atomic mass is 15.4. The van der Waals surface area contributed by atoms with E-state index < -0.39 is 0 Å². The Morgan fingerprint density at radius 1 is 1.00 bits per heavy atom. The Bertz CT molecular complexity index is 179. The van der Waals surface area contributed by atoms with Crippen molar-refractivity contribution in [3.8, 4) is 0 Å². The second kappa shape index (κ2) is 2.98. The summed E-state index contributed by atoms with van der Waals surface area (Å²) in [7, 11) is 4.89. The van der Waals surface area contributed by atoms with E-state index in [1.807, 2.05) is 0 Å². The van der Waals surface area contributed by atoms with Crippen LogP contribution < -0.4 is 0 Å². The first kappa shape index (κ1) is 9.51. The van der Waals surface area contributed by atoms with E-state index >= 15 is 0 Å². The first-order valence-electron chi connectivity index (χ1n) is 5.85. The summed E-state index contributed by atoms with van der Waals surface area (Å²) in [6.07, 6.45) is 5.95. The molecule has 0 aliphatic carbocycles. The fraction of sp³-hybridized carbons (Fsp3) is 1.00. The van der Waals surface area contributed by atoms with Crippen molar-refractivity contribution < 1.29 is 4.48 Å². The van der Waals surface area contributed by atoms with Crippen LogP contribution in [0.4, 0.5) is 0 Å². The molecule has 1 nitrogen and oxygen atoms in total. The summed E-state index contributed by atoms with van der Waals surface area (Å²) in [5.74, 6) is 1.92. The number of hydrogen-bond donors (Lipinski definition) is 0. The van der Waals surface area contributed by atoms with Crippen molar-refractivity contribution in [3.05, 3.63) is 0 Å². The van der Waals surface area contributed by atoms with Gasteiger partial charge in [0.15, 0.2) is 0 Å². The van der Waals surface area contributed by atoms with Gasteiger partial charge in [0.1, 0.15) is 0 Å². The molecule has 0 amide bonds. The zero-order valence-corrected chi connectivity index (χ0v) is 9.59. The maximum atomic E-state index is 2.44. The molecule has 2 atom stereocenters. The molecule has 2 unspecified atom stereocenters. The average Bonchev–Trinajstić information content (AvgIpc) is 2.24. The zero-order valence-electron chi connectivity index (χ0n) is 9.59. The Balaban J connectivity index is 2.11. The van der Waals surface area contributed by atoms with Crippen LogP contribution in [0, 0.1) is 11.8 Å². The summed E-state index contributed by atoms with van der Waals surface area (Å²) in [5, 5.41) is 0. The molecule has 0 N–H and O–H groups in total. The normalized spacial score (nSPS) is 42.7. The van der Waals surface area contributed by atoms with E-state index in [1.54, 1.807) is 0 Å². The van der Waals surface area contributed by atoms with E-state index in [1.165, 1.54) is 30.2 Å². The van der Waals surface area contributed by atoms with Crippen molar-refractivity contribution in [2.45, 2.75) is 51.6 Å². The largest absolute Gasteiger partial charge is 0.324 e. The van der Waals surface area contributed by atoms with Crippen LogP contribution in [0.5, 0.6) is 0 Å². The van der Waals surface area contributed by atoms with E-state index in [0.717, 1.165) is 23.9 Å². The molecular weight excluding hydrogens is 158 g/mol. The average molecular weight is 182 g/mol. The third-order valence-electron chi connectivity index (χ3n) is 4.81. The highest BCUT2D eigenvalue weighted by Gasteiger charge is 2.49. The smallest absolute Gasteiger partial charge is 0.0893 e. The summed E-state index contributed by atoms with van der Waals surface area (Å²) in [6.45, 7) is 4.80. The predicted octanol–water partition coefficient (Wildman–Crippen LogP) is 2.66. The molecule has 2 aliphatic rings. The molecule has 2 heterocycles. The molecule has 2 saturated heterocycles. The van der Waals surface area contributed by atoms with Gasteiger partial charge in [-0.25, -0.2) is 0 Å². The van der Waals surface area contributed by atoms with Gasteiger partial charge in [-0.1, -0.05) is 13.8 Å². The van der Waals surface area contributed by atoms with Crippen molar-refractivity contribution in [2.75, 3.05) is 14.1 Å². The lowest BCUT2D eigenvalue weighted by molar-refractivity contribution is -0.931. The van der Waals surface area contributed by atoms with Crippen LogP contribution in [0.25, 0.3) is 0 Å². The summed E-state index contributed by atoms with van der Waals surface area (Å²) in [6, 6.07) is 1.96. The van der Waals surface area contributed by atoms with E-state index in [4.69, 9.17) is 0 Å². The second-order valence-corrected chi connectivity index (χ2v) is 5.99. The van der Waals surface area contributed by atoms with Crippen LogP contribution in [0.15, 0.2) is 0 Å². The first-order chi connectivity index (χ1) is 6.01. The van der Waals surface area contributed by atoms with Gasteiger partial charge in [-0.05, 0) is 11.8 Å². The van der Waals surface area contributed by atoms with Crippen molar-refractivity contribution in [2.24, 2.45) is 11.8 Å². The minimum absolute atomic E-state index is 0.906. The molecule has 0 saturated carbocycles. The van der Waals surface area contributed by atoms with Gasteiger partial charge in [-0.15, -0.1) is 0 Å². The molecule has 76 valence electrons. The lowest BCUT2D eigenvalue weighted by Gasteiger charge is -2.45. The Kier molecular flexibility index (Phi) is 2.18. The molecule has 0 aromatic heterocycles. The van der Waals surface area contributed by atoms with Crippen LogP contribution in [0.1, 0.15) is 39.5 Å². The topological polar surface area (TPSA) is 0 Å². The van der Waals surface area contributed by atoms with Gasteiger partial charge in [-0.2, -0.15) is 0 Å². The standard InChI is InChI=1S/C12H24N/c1-9(2)10-7-11-5-6-12(8-10)13(11,3)4/h9-12H,5-8H2,1-4H3/q+1. The van der Waals surface area contributed by atoms with Crippen LogP contribution in [0.3, 0.4) is 0 Å². The Hall–Kier alpha value is -0.0400. The van der Waals surface area contributed by atoms with Crippen molar-refractivity contribution in [3.63, 3.8) is 0 Å². The highest BCUT2D eigenvalue weighted by Crippen LogP contribution is 2.44. The monoisotopic (exact) mass is 182 g/mol. The predicted molar refractivity (Wildman–Crippen MR) is 56.5 cm³/mol. The van der Waals surface area contributed by atoms with Gasteiger partial charge in [0, 0.05) is 25.7 Å². The van der Waals surface area contributed by atoms with Gasteiger partial charge >= 0.3 is 0 Å². The maximum Gasteiger partial charge on any atom is 0.0893 e. The van der Waals surface area contributed by atoms with Crippen LogP contribution >= 0.6 is 0 Å². The molecule has 2 fully saturated rings. The minimum Gasteiger partial charge on any atom is -0.324 e. The molecule has 1 heteroatoms. The lowest BCUT2D eigenvalue weighted by atomic mass is 9.82. The molecule has 2 bridgehead atoms. The lowest BCUT2D eigenvalue weighted by Crippen LogP contribution is -2.55. The fourth-order valence-electron chi connectivity index (χ4n) is 3.47. The van der Waals surface area contributed by atoms with Gasteiger partial charge in [0.05, 0.1) is 26.2 Å². The molecule has 0 aromatic carbocycles. The van der Waals surface area contributed by atoms with Crippen LogP contribution in [0.2, 0.25) is 0 Å². The van der Waals surface area contributed by atoms with Gasteiger partial charge in [0.2, 0.25) is 0 Å². The first-order valence-corrected chi connectivity index (χ1v) is 5.85. The molecule has 2 aliphatic heterocycles. The number of fused-ring (bicyclic) bond motifs is 2. The maximum absolute atomic E-state index is 2.44. The fourth-order valence-corrected chi connectivity index (χ4v) is 3.47. The molecular formula is C12H24N+. The summed E-state index contributed by atoms with van der Waals surface area (Å²) >= 11 is 0. The molecule has 0 spiro atoms. The third kappa shape index (κ3) is 1.41. The van der Waals surface area contributed by atoms with E-state index in [9.17, 15) is 0 Å². The van der Waals surface area contributed by atoms with Crippen molar-refractivity contribution >= 4 is 0 Å². The number of piperidine rings is 1.